The number of alkyl halides is 3. The lowest BCUT2D eigenvalue weighted by Crippen LogP contribution is -2.39. The van der Waals surface area contributed by atoms with Crippen LogP contribution in [0.5, 0.6) is 0 Å². The SMILES string of the molecule is CC(=NNC(=O)CN(c1ccc(Cl)c(C(F)(F)F)c1)S(C)(=O)=O)c1ccc(C)cc1. The molecule has 0 bridgehead atoms. The minimum absolute atomic E-state index is 0.344. The summed E-state index contributed by atoms with van der Waals surface area (Å²) in [5, 5.41) is 3.34. The molecule has 1 N–H and O–H groups in total. The van der Waals surface area contributed by atoms with Gasteiger partial charge in [0.2, 0.25) is 10.0 Å². The third-order valence-corrected chi connectivity index (χ3v) is 5.52. The topological polar surface area (TPSA) is 78.8 Å². The molecule has 0 heterocycles. The molecule has 0 aliphatic heterocycles. The molecule has 2 aromatic rings. The Morgan fingerprint density at radius 1 is 1.17 bits per heavy atom. The Hall–Kier alpha value is -2.59. The predicted octanol–water partition coefficient (Wildman–Crippen LogP) is 3.97. The molecule has 162 valence electrons. The number of carbonyl (C=O) groups excluding carboxylic acids is 1. The zero-order valence-electron chi connectivity index (χ0n) is 16.3. The first-order valence-corrected chi connectivity index (χ1v) is 10.8. The second kappa shape index (κ2) is 9.05. The van der Waals surface area contributed by atoms with Gasteiger partial charge in [-0.3, -0.25) is 9.10 Å². The fraction of sp³-hybridized carbons (Fsp3) is 0.263. The van der Waals surface area contributed by atoms with Crippen LogP contribution < -0.4 is 9.73 Å². The molecule has 0 fully saturated rings. The first-order chi connectivity index (χ1) is 13.8. The lowest BCUT2D eigenvalue weighted by Gasteiger charge is -2.22. The molecule has 2 rings (SSSR count). The van der Waals surface area contributed by atoms with Gasteiger partial charge in [-0.1, -0.05) is 41.4 Å². The Kier molecular flexibility index (Phi) is 7.14. The Balaban J connectivity index is 2.24. The molecule has 0 unspecified atom stereocenters. The Morgan fingerprint density at radius 3 is 2.30 bits per heavy atom. The van der Waals surface area contributed by atoms with Crippen LogP contribution in [0.4, 0.5) is 18.9 Å². The van der Waals surface area contributed by atoms with Gasteiger partial charge in [0.1, 0.15) is 6.54 Å². The maximum absolute atomic E-state index is 13.1. The van der Waals surface area contributed by atoms with Crippen molar-refractivity contribution in [3.8, 4) is 0 Å². The molecule has 0 aromatic heterocycles. The number of rotatable bonds is 6. The number of hydrogen-bond donors (Lipinski definition) is 1. The highest BCUT2D eigenvalue weighted by Crippen LogP contribution is 2.37. The monoisotopic (exact) mass is 461 g/mol. The van der Waals surface area contributed by atoms with Gasteiger partial charge in [0.05, 0.1) is 28.2 Å². The third kappa shape index (κ3) is 6.20. The molecule has 2 aromatic carbocycles. The number of sulfonamides is 1. The summed E-state index contributed by atoms with van der Waals surface area (Å²) in [6.45, 7) is 2.80. The van der Waals surface area contributed by atoms with Crippen LogP contribution in [0.1, 0.15) is 23.6 Å². The van der Waals surface area contributed by atoms with Gasteiger partial charge in [-0.05, 0) is 37.6 Å². The van der Waals surface area contributed by atoms with Crippen molar-refractivity contribution in [2.45, 2.75) is 20.0 Å². The number of carbonyl (C=O) groups is 1. The summed E-state index contributed by atoms with van der Waals surface area (Å²) in [5.74, 6) is -0.824. The lowest BCUT2D eigenvalue weighted by molar-refractivity contribution is -0.137. The molecule has 0 saturated carbocycles. The number of hydrazone groups is 1. The van der Waals surface area contributed by atoms with Crippen molar-refractivity contribution in [3.63, 3.8) is 0 Å². The molecule has 30 heavy (non-hydrogen) atoms. The van der Waals surface area contributed by atoms with Gasteiger partial charge < -0.3 is 0 Å². The largest absolute Gasteiger partial charge is 0.417 e. The van der Waals surface area contributed by atoms with E-state index in [0.717, 1.165) is 29.5 Å². The summed E-state index contributed by atoms with van der Waals surface area (Å²) >= 11 is 5.57. The number of anilines is 1. The molecular formula is C19H19ClF3N3O3S. The minimum atomic E-state index is -4.78. The molecule has 6 nitrogen and oxygen atoms in total. The average Bonchev–Trinajstić information content (AvgIpc) is 2.63. The number of nitrogens with one attached hydrogen (secondary N) is 1. The molecule has 1 amide bonds. The second-order valence-electron chi connectivity index (χ2n) is 6.53. The highest BCUT2D eigenvalue weighted by atomic mass is 35.5. The van der Waals surface area contributed by atoms with E-state index in [1.165, 1.54) is 0 Å². The Labute approximate surface area is 177 Å². The number of benzene rings is 2. The lowest BCUT2D eigenvalue weighted by atomic mass is 10.1. The fourth-order valence-electron chi connectivity index (χ4n) is 2.46. The van der Waals surface area contributed by atoms with Gasteiger partial charge in [0.25, 0.3) is 5.91 Å². The van der Waals surface area contributed by atoms with Crippen molar-refractivity contribution in [1.82, 2.24) is 5.43 Å². The van der Waals surface area contributed by atoms with Crippen molar-refractivity contribution < 1.29 is 26.4 Å². The van der Waals surface area contributed by atoms with Crippen molar-refractivity contribution in [2.75, 3.05) is 17.1 Å². The van der Waals surface area contributed by atoms with Crippen LogP contribution in [0.2, 0.25) is 5.02 Å². The van der Waals surface area contributed by atoms with Crippen molar-refractivity contribution in [2.24, 2.45) is 5.10 Å². The van der Waals surface area contributed by atoms with E-state index in [4.69, 9.17) is 11.6 Å². The summed E-state index contributed by atoms with van der Waals surface area (Å²) in [4.78, 5) is 12.2. The van der Waals surface area contributed by atoms with E-state index in [-0.39, 0.29) is 5.69 Å². The summed E-state index contributed by atoms with van der Waals surface area (Å²) in [7, 11) is -4.07. The van der Waals surface area contributed by atoms with Gasteiger partial charge in [0.15, 0.2) is 0 Å². The van der Waals surface area contributed by atoms with E-state index >= 15 is 0 Å². The van der Waals surface area contributed by atoms with E-state index in [2.05, 4.69) is 10.5 Å². The van der Waals surface area contributed by atoms with E-state index in [0.29, 0.717) is 16.1 Å². The van der Waals surface area contributed by atoms with Crippen LogP contribution in [-0.4, -0.2) is 32.8 Å². The number of halogens is 4. The van der Waals surface area contributed by atoms with E-state index in [1.54, 1.807) is 19.1 Å². The zero-order chi connectivity index (χ0) is 22.7. The molecule has 0 aliphatic rings. The third-order valence-electron chi connectivity index (χ3n) is 4.05. The Bertz CT molecular complexity index is 1070. The molecule has 0 radical (unpaired) electrons. The van der Waals surface area contributed by atoms with E-state index in [9.17, 15) is 26.4 Å². The second-order valence-corrected chi connectivity index (χ2v) is 8.84. The smallest absolute Gasteiger partial charge is 0.271 e. The number of hydrogen-bond acceptors (Lipinski definition) is 4. The maximum Gasteiger partial charge on any atom is 0.417 e. The number of amides is 1. The summed E-state index contributed by atoms with van der Waals surface area (Å²) in [5.41, 5.74) is 2.93. The van der Waals surface area contributed by atoms with E-state index in [1.807, 2.05) is 19.1 Å². The average molecular weight is 462 g/mol. The van der Waals surface area contributed by atoms with Gasteiger partial charge in [0, 0.05) is 0 Å². The van der Waals surface area contributed by atoms with Crippen LogP contribution >= 0.6 is 11.6 Å². The van der Waals surface area contributed by atoms with Gasteiger partial charge in [-0.15, -0.1) is 0 Å². The first-order valence-electron chi connectivity index (χ1n) is 8.53. The Morgan fingerprint density at radius 2 is 1.77 bits per heavy atom. The van der Waals surface area contributed by atoms with Crippen molar-refractivity contribution in [1.29, 1.82) is 0 Å². The van der Waals surface area contributed by atoms with Gasteiger partial charge in [-0.2, -0.15) is 18.3 Å². The number of aryl methyl sites for hydroxylation is 1. The standard InChI is InChI=1S/C19H19ClF3N3O3S/c1-12-4-6-14(7-5-12)13(2)24-25-18(27)11-26(30(3,28)29)15-8-9-17(20)16(10-15)19(21,22)23/h4-10H,11H2,1-3H3,(H,25,27). The van der Waals surface area contributed by atoms with Crippen molar-refractivity contribution >= 4 is 38.9 Å². The molecular weight excluding hydrogens is 443 g/mol. The highest BCUT2D eigenvalue weighted by molar-refractivity contribution is 7.92. The van der Waals surface area contributed by atoms with Gasteiger partial charge >= 0.3 is 6.18 Å². The summed E-state index contributed by atoms with van der Waals surface area (Å²) in [6.07, 6.45) is -4.00. The minimum Gasteiger partial charge on any atom is -0.271 e. The molecule has 0 spiro atoms. The normalized spacial score (nSPS) is 12.6. The van der Waals surface area contributed by atoms with Crippen LogP contribution in [-0.2, 0) is 21.0 Å². The summed E-state index contributed by atoms with van der Waals surface area (Å²) in [6, 6.07) is 9.92. The van der Waals surface area contributed by atoms with Crippen LogP contribution in [0.15, 0.2) is 47.6 Å². The van der Waals surface area contributed by atoms with Crippen LogP contribution in [0.3, 0.4) is 0 Å². The first kappa shape index (κ1) is 23.7. The van der Waals surface area contributed by atoms with E-state index < -0.39 is 39.2 Å². The predicted molar refractivity (Wildman–Crippen MR) is 110 cm³/mol. The zero-order valence-corrected chi connectivity index (χ0v) is 17.9. The fourth-order valence-corrected chi connectivity index (χ4v) is 3.53. The van der Waals surface area contributed by atoms with Crippen LogP contribution in [0, 0.1) is 6.92 Å². The highest BCUT2D eigenvalue weighted by Gasteiger charge is 2.34. The van der Waals surface area contributed by atoms with Crippen molar-refractivity contribution in [3.05, 3.63) is 64.2 Å². The summed E-state index contributed by atoms with van der Waals surface area (Å²) < 4.78 is 64.0. The van der Waals surface area contributed by atoms with Gasteiger partial charge in [-0.25, -0.2) is 13.8 Å². The molecule has 11 heteroatoms. The number of nitrogens with zero attached hydrogens (tertiary/aromatic N) is 2. The molecule has 0 saturated heterocycles. The quantitative estimate of drug-likeness (QED) is 0.522. The molecule has 0 aliphatic carbocycles. The molecule has 0 atom stereocenters. The maximum atomic E-state index is 13.1. The van der Waals surface area contributed by atoms with Crippen LogP contribution in [0.25, 0.3) is 0 Å².